The number of nitrogens with zero attached hydrogens (tertiary/aromatic N) is 4. The normalized spacial score (nSPS) is 24.5. The van der Waals surface area contributed by atoms with Gasteiger partial charge in [0.1, 0.15) is 11.6 Å². The van der Waals surface area contributed by atoms with Gasteiger partial charge in [-0.2, -0.15) is 10.4 Å². The molecule has 4 rings (SSSR count). The Hall–Kier alpha value is -3.14. The summed E-state index contributed by atoms with van der Waals surface area (Å²) in [4.78, 5) is 27.3. The van der Waals surface area contributed by atoms with Crippen LogP contribution in [0.3, 0.4) is 0 Å². The van der Waals surface area contributed by atoms with Gasteiger partial charge in [0.15, 0.2) is 0 Å². The molecular weight excluding hydrogens is 354 g/mol. The van der Waals surface area contributed by atoms with Gasteiger partial charge in [0.25, 0.3) is 5.91 Å². The Morgan fingerprint density at radius 1 is 1.29 bits per heavy atom. The van der Waals surface area contributed by atoms with E-state index in [1.807, 2.05) is 37.3 Å². The molecule has 1 aromatic carbocycles. The predicted molar refractivity (Wildman–Crippen MR) is 102 cm³/mol. The van der Waals surface area contributed by atoms with E-state index in [0.717, 1.165) is 24.9 Å². The third kappa shape index (κ3) is 2.68. The van der Waals surface area contributed by atoms with Crippen LogP contribution in [0.25, 0.3) is 5.69 Å². The number of nitrogens with one attached hydrogen (secondary N) is 1. The highest BCUT2D eigenvalue weighted by Gasteiger charge is 2.55. The van der Waals surface area contributed by atoms with Gasteiger partial charge in [-0.15, -0.1) is 0 Å². The molecule has 7 nitrogen and oxygen atoms in total. The summed E-state index contributed by atoms with van der Waals surface area (Å²) >= 11 is 0. The zero-order valence-corrected chi connectivity index (χ0v) is 16.1. The van der Waals surface area contributed by atoms with Gasteiger partial charge in [-0.25, -0.2) is 9.48 Å². The van der Waals surface area contributed by atoms with E-state index in [2.05, 4.69) is 16.5 Å². The van der Waals surface area contributed by atoms with Crippen molar-refractivity contribution in [2.75, 3.05) is 0 Å². The molecule has 28 heavy (non-hydrogen) atoms. The molecule has 0 bridgehead atoms. The average Bonchev–Trinajstić information content (AvgIpc) is 3.14. The summed E-state index contributed by atoms with van der Waals surface area (Å²) < 4.78 is 1.66. The van der Waals surface area contributed by atoms with Crippen molar-refractivity contribution in [3.8, 4) is 11.8 Å². The lowest BCUT2D eigenvalue weighted by Gasteiger charge is -2.36. The van der Waals surface area contributed by atoms with Crippen molar-refractivity contribution < 1.29 is 9.59 Å². The van der Waals surface area contributed by atoms with Crippen LogP contribution in [-0.4, -0.2) is 32.2 Å². The zero-order valence-electron chi connectivity index (χ0n) is 16.1. The van der Waals surface area contributed by atoms with E-state index in [1.54, 1.807) is 11.6 Å². The van der Waals surface area contributed by atoms with Crippen LogP contribution in [-0.2, 0) is 11.3 Å². The Morgan fingerprint density at radius 3 is 2.71 bits per heavy atom. The van der Waals surface area contributed by atoms with E-state index in [0.29, 0.717) is 23.4 Å². The maximum Gasteiger partial charge on any atom is 0.325 e. The lowest BCUT2D eigenvalue weighted by molar-refractivity contribution is -0.134. The summed E-state index contributed by atoms with van der Waals surface area (Å²) in [7, 11) is 0. The molecule has 3 amide bonds. The fraction of sp³-hybridized carbons (Fsp3) is 0.429. The van der Waals surface area contributed by atoms with Gasteiger partial charge in [-0.3, -0.25) is 9.69 Å². The van der Waals surface area contributed by atoms with E-state index < -0.39 is 5.54 Å². The van der Waals surface area contributed by atoms with Gasteiger partial charge >= 0.3 is 6.03 Å². The quantitative estimate of drug-likeness (QED) is 0.832. The molecule has 1 aliphatic heterocycles. The lowest BCUT2D eigenvalue weighted by Crippen LogP contribution is -2.53. The first kappa shape index (κ1) is 18.2. The van der Waals surface area contributed by atoms with Crippen LogP contribution < -0.4 is 5.32 Å². The Balaban J connectivity index is 1.73. The molecular formula is C21H23N5O2. The smallest absolute Gasteiger partial charge is 0.323 e. The van der Waals surface area contributed by atoms with Gasteiger partial charge in [-0.05, 0) is 37.8 Å². The Labute approximate surface area is 163 Å². The first-order valence-corrected chi connectivity index (χ1v) is 9.66. The van der Waals surface area contributed by atoms with Crippen molar-refractivity contribution >= 4 is 11.9 Å². The number of urea groups is 1. The van der Waals surface area contributed by atoms with Crippen LogP contribution in [0.5, 0.6) is 0 Å². The van der Waals surface area contributed by atoms with Crippen LogP contribution in [0.2, 0.25) is 0 Å². The minimum atomic E-state index is -0.811. The Bertz CT molecular complexity index is 975. The fourth-order valence-corrected chi connectivity index (χ4v) is 4.44. The number of para-hydroxylation sites is 1. The first-order chi connectivity index (χ1) is 13.5. The standard InChI is InChI=1S/C21H23N5O2/c1-14-8-6-7-11-21(14)19(27)25(20(28)23-21)13-18-17(12-22)15(2)24-26(18)16-9-4-3-5-10-16/h3-5,9-10,14H,6-8,11,13H2,1-2H3,(H,23,28)/t14-,21+/m0/s1. The van der Waals surface area contributed by atoms with Crippen LogP contribution in [0, 0.1) is 24.2 Å². The molecule has 1 spiro atoms. The van der Waals surface area contributed by atoms with Crippen molar-refractivity contribution in [2.24, 2.45) is 5.92 Å². The summed E-state index contributed by atoms with van der Waals surface area (Å²) in [6.45, 7) is 3.82. The molecule has 7 heteroatoms. The molecule has 2 aromatic rings. The molecule has 2 aliphatic rings. The molecule has 1 aromatic heterocycles. The minimum absolute atomic E-state index is 0.0256. The average molecular weight is 377 g/mol. The number of hydrogen-bond donors (Lipinski definition) is 1. The van der Waals surface area contributed by atoms with Crippen LogP contribution in [0.1, 0.15) is 49.6 Å². The summed E-state index contributed by atoms with van der Waals surface area (Å²) in [5.74, 6) is -0.0917. The number of carbonyl (C=O) groups excluding carboxylic acids is 2. The highest BCUT2D eigenvalue weighted by Crippen LogP contribution is 2.38. The SMILES string of the molecule is Cc1nn(-c2ccccc2)c(CN2C(=O)N[C@@]3(CCCC[C@@H]3C)C2=O)c1C#N. The fourth-order valence-electron chi connectivity index (χ4n) is 4.44. The molecule has 1 saturated carbocycles. The van der Waals surface area contributed by atoms with Crippen molar-refractivity contribution in [3.63, 3.8) is 0 Å². The second-order valence-electron chi connectivity index (χ2n) is 7.71. The zero-order chi connectivity index (χ0) is 19.9. The summed E-state index contributed by atoms with van der Waals surface area (Å²) in [5, 5.41) is 17.1. The summed E-state index contributed by atoms with van der Waals surface area (Å²) in [5.41, 5.74) is 1.51. The Kier molecular flexibility index (Phi) is 4.42. The number of hydrogen-bond acceptors (Lipinski definition) is 4. The van der Waals surface area contributed by atoms with Crippen LogP contribution >= 0.6 is 0 Å². The van der Waals surface area contributed by atoms with Crippen LogP contribution in [0.4, 0.5) is 4.79 Å². The topological polar surface area (TPSA) is 91.0 Å². The minimum Gasteiger partial charge on any atom is -0.323 e. The van der Waals surface area contributed by atoms with E-state index >= 15 is 0 Å². The maximum absolute atomic E-state index is 13.3. The van der Waals surface area contributed by atoms with Gasteiger partial charge < -0.3 is 5.32 Å². The maximum atomic E-state index is 13.3. The van der Waals surface area contributed by atoms with E-state index in [4.69, 9.17) is 0 Å². The molecule has 2 fully saturated rings. The Morgan fingerprint density at radius 2 is 2.04 bits per heavy atom. The number of nitriles is 1. The number of imide groups is 1. The third-order valence-corrected chi connectivity index (χ3v) is 6.08. The van der Waals surface area contributed by atoms with Crippen molar-refractivity contribution in [3.05, 3.63) is 47.3 Å². The van der Waals surface area contributed by atoms with Crippen LogP contribution in [0.15, 0.2) is 30.3 Å². The van der Waals surface area contributed by atoms with Gasteiger partial charge in [-0.1, -0.05) is 38.0 Å². The second kappa shape index (κ2) is 6.79. The molecule has 1 aliphatic carbocycles. The molecule has 1 N–H and O–H groups in total. The summed E-state index contributed by atoms with van der Waals surface area (Å²) in [6, 6.07) is 11.2. The number of carbonyl (C=O) groups is 2. The van der Waals surface area contributed by atoms with Crippen molar-refractivity contribution in [2.45, 2.75) is 51.6 Å². The van der Waals surface area contributed by atoms with Gasteiger partial charge in [0.2, 0.25) is 0 Å². The summed E-state index contributed by atoms with van der Waals surface area (Å²) in [6.07, 6.45) is 3.58. The number of amides is 3. The number of benzene rings is 1. The van der Waals surface area contributed by atoms with E-state index in [1.165, 1.54) is 4.90 Å². The molecule has 0 radical (unpaired) electrons. The van der Waals surface area contributed by atoms with Gasteiger partial charge in [0, 0.05) is 0 Å². The van der Waals surface area contributed by atoms with E-state index in [9.17, 15) is 14.9 Å². The largest absolute Gasteiger partial charge is 0.325 e. The molecule has 0 unspecified atom stereocenters. The van der Waals surface area contributed by atoms with E-state index in [-0.39, 0.29) is 24.4 Å². The van der Waals surface area contributed by atoms with Crippen molar-refractivity contribution in [1.82, 2.24) is 20.0 Å². The highest BCUT2D eigenvalue weighted by atomic mass is 16.2. The monoisotopic (exact) mass is 377 g/mol. The third-order valence-electron chi connectivity index (χ3n) is 6.08. The highest BCUT2D eigenvalue weighted by molar-refractivity contribution is 6.07. The number of aryl methyl sites for hydroxylation is 1. The predicted octanol–water partition coefficient (Wildman–Crippen LogP) is 3.05. The first-order valence-electron chi connectivity index (χ1n) is 9.66. The molecule has 144 valence electrons. The molecule has 1 saturated heterocycles. The molecule has 2 atom stereocenters. The number of aromatic nitrogens is 2. The van der Waals surface area contributed by atoms with Crippen molar-refractivity contribution in [1.29, 1.82) is 5.26 Å². The van der Waals surface area contributed by atoms with Gasteiger partial charge in [0.05, 0.1) is 29.2 Å². The second-order valence-corrected chi connectivity index (χ2v) is 7.71. The number of rotatable bonds is 3. The lowest BCUT2D eigenvalue weighted by atomic mass is 9.73. The molecule has 2 heterocycles.